The number of carbonyl (C=O) groups excluding carboxylic acids is 1. The Morgan fingerprint density at radius 1 is 1.29 bits per heavy atom. The lowest BCUT2D eigenvalue weighted by Gasteiger charge is -2.14. The smallest absolute Gasteiger partial charge is 0.308 e. The summed E-state index contributed by atoms with van der Waals surface area (Å²) in [6.07, 6.45) is 3.11. The number of furan rings is 1. The van der Waals surface area contributed by atoms with Gasteiger partial charge in [-0.15, -0.1) is 0 Å². The molecule has 21 heavy (non-hydrogen) atoms. The molecule has 0 radical (unpaired) electrons. The number of carboxylic acids is 1. The Balaban J connectivity index is 1.98. The topological polar surface area (TPSA) is 79.5 Å². The highest BCUT2D eigenvalue weighted by atomic mass is 16.4. The second-order valence-electron chi connectivity index (χ2n) is 4.89. The molecular weight excluding hydrogens is 270 g/mol. The summed E-state index contributed by atoms with van der Waals surface area (Å²) in [4.78, 5) is 23.1. The average molecular weight is 287 g/mol. The zero-order chi connectivity index (χ0) is 15.2. The quantitative estimate of drug-likeness (QED) is 0.854. The number of amides is 1. The fraction of sp³-hybridized carbons (Fsp3) is 0.250. The largest absolute Gasteiger partial charge is 0.481 e. The van der Waals surface area contributed by atoms with Crippen LogP contribution < -0.4 is 5.32 Å². The molecule has 0 fully saturated rings. The molecule has 2 aromatic rings. The molecule has 0 saturated carbocycles. The number of carbonyl (C=O) groups is 2. The van der Waals surface area contributed by atoms with Gasteiger partial charge in [0.05, 0.1) is 17.7 Å². The molecule has 0 saturated heterocycles. The molecule has 5 nitrogen and oxygen atoms in total. The highest BCUT2D eigenvalue weighted by molar-refractivity contribution is 5.93. The van der Waals surface area contributed by atoms with Crippen LogP contribution in [0.15, 0.2) is 47.3 Å². The zero-order valence-electron chi connectivity index (χ0n) is 11.7. The summed E-state index contributed by atoms with van der Waals surface area (Å²) in [5, 5.41) is 11.9. The van der Waals surface area contributed by atoms with Crippen molar-refractivity contribution in [2.75, 3.05) is 6.54 Å². The lowest BCUT2D eigenvalue weighted by molar-refractivity contribution is -0.141. The van der Waals surface area contributed by atoms with Crippen LogP contribution >= 0.6 is 0 Å². The summed E-state index contributed by atoms with van der Waals surface area (Å²) in [6.45, 7) is 2.02. The van der Waals surface area contributed by atoms with Crippen LogP contribution in [0, 0.1) is 12.8 Å². The van der Waals surface area contributed by atoms with Gasteiger partial charge in [-0.1, -0.05) is 24.3 Å². The van der Waals surface area contributed by atoms with E-state index in [9.17, 15) is 14.7 Å². The van der Waals surface area contributed by atoms with Crippen molar-refractivity contribution in [2.24, 2.45) is 5.92 Å². The standard InChI is InChI=1S/C16H17NO4/c1-11-4-2-3-5-12(11)8-14(16(19)20)9-17-15(18)13-6-7-21-10-13/h2-7,10,14H,8-9H2,1H3,(H,17,18)(H,19,20)/t14-/m0/s1. The van der Waals surface area contributed by atoms with Gasteiger partial charge in [0.2, 0.25) is 0 Å². The number of rotatable bonds is 6. The third-order valence-electron chi connectivity index (χ3n) is 3.37. The SMILES string of the molecule is Cc1ccccc1C[C@@H](CNC(=O)c1ccoc1)C(=O)O. The molecule has 0 bridgehead atoms. The molecule has 110 valence electrons. The molecular formula is C16H17NO4. The van der Waals surface area contributed by atoms with Crippen LogP contribution in [0.3, 0.4) is 0 Å². The molecule has 2 rings (SSSR count). The number of aryl methyl sites for hydroxylation is 1. The van der Waals surface area contributed by atoms with E-state index >= 15 is 0 Å². The summed E-state index contributed by atoms with van der Waals surface area (Å²) in [5.74, 6) is -1.92. The number of hydrogen-bond donors (Lipinski definition) is 2. The second kappa shape index (κ2) is 6.74. The Hall–Kier alpha value is -2.56. The highest BCUT2D eigenvalue weighted by Gasteiger charge is 2.20. The van der Waals surface area contributed by atoms with Crippen molar-refractivity contribution in [2.45, 2.75) is 13.3 Å². The average Bonchev–Trinajstić information content (AvgIpc) is 2.99. The number of aliphatic carboxylic acids is 1. The fourth-order valence-corrected chi connectivity index (χ4v) is 2.06. The summed E-state index contributed by atoms with van der Waals surface area (Å²) < 4.78 is 4.82. The summed E-state index contributed by atoms with van der Waals surface area (Å²) in [6, 6.07) is 9.18. The Bertz CT molecular complexity index is 619. The predicted molar refractivity (Wildman–Crippen MR) is 77.1 cm³/mol. The van der Waals surface area contributed by atoms with Gasteiger partial charge in [0.1, 0.15) is 6.26 Å². The van der Waals surface area contributed by atoms with E-state index in [1.165, 1.54) is 18.6 Å². The lowest BCUT2D eigenvalue weighted by Crippen LogP contribution is -2.34. The van der Waals surface area contributed by atoms with Crippen LogP contribution in [0.25, 0.3) is 0 Å². The van der Waals surface area contributed by atoms with Gasteiger partial charge in [-0.2, -0.15) is 0 Å². The molecule has 0 aliphatic carbocycles. The van der Waals surface area contributed by atoms with Crippen LogP contribution in [0.2, 0.25) is 0 Å². The van der Waals surface area contributed by atoms with Crippen molar-refractivity contribution in [3.63, 3.8) is 0 Å². The molecule has 1 aromatic heterocycles. The molecule has 1 amide bonds. The van der Waals surface area contributed by atoms with Gasteiger partial charge < -0.3 is 14.8 Å². The molecule has 5 heteroatoms. The second-order valence-corrected chi connectivity index (χ2v) is 4.89. The van der Waals surface area contributed by atoms with Crippen molar-refractivity contribution in [3.05, 3.63) is 59.5 Å². The Morgan fingerprint density at radius 2 is 2.05 bits per heavy atom. The lowest BCUT2D eigenvalue weighted by atomic mass is 9.96. The van der Waals surface area contributed by atoms with Crippen molar-refractivity contribution in [1.29, 1.82) is 0 Å². The van der Waals surface area contributed by atoms with Gasteiger partial charge in [0, 0.05) is 6.54 Å². The predicted octanol–water partition coefficient (Wildman–Crippen LogP) is 2.26. The first-order valence-corrected chi connectivity index (χ1v) is 6.65. The minimum Gasteiger partial charge on any atom is -0.481 e. The maximum atomic E-state index is 11.8. The van der Waals surface area contributed by atoms with E-state index in [1.807, 2.05) is 31.2 Å². The maximum absolute atomic E-state index is 11.8. The first-order chi connectivity index (χ1) is 10.1. The molecule has 1 heterocycles. The van der Waals surface area contributed by atoms with Gasteiger partial charge in [-0.05, 0) is 30.5 Å². The van der Waals surface area contributed by atoms with E-state index in [2.05, 4.69) is 5.32 Å². The molecule has 1 atom stereocenters. The third kappa shape index (κ3) is 3.95. The van der Waals surface area contributed by atoms with Crippen LogP contribution in [0.4, 0.5) is 0 Å². The minimum absolute atomic E-state index is 0.0771. The molecule has 1 aromatic carbocycles. The fourth-order valence-electron chi connectivity index (χ4n) is 2.06. The van der Waals surface area contributed by atoms with Crippen molar-refractivity contribution >= 4 is 11.9 Å². The highest BCUT2D eigenvalue weighted by Crippen LogP contribution is 2.13. The van der Waals surface area contributed by atoms with Crippen molar-refractivity contribution in [3.8, 4) is 0 Å². The van der Waals surface area contributed by atoms with Gasteiger partial charge >= 0.3 is 5.97 Å². The summed E-state index contributed by atoms with van der Waals surface area (Å²) in [7, 11) is 0. The number of hydrogen-bond acceptors (Lipinski definition) is 3. The Labute approximate surface area is 122 Å². The van der Waals surface area contributed by atoms with Crippen LogP contribution in [-0.2, 0) is 11.2 Å². The van der Waals surface area contributed by atoms with Crippen molar-refractivity contribution < 1.29 is 19.1 Å². The minimum atomic E-state index is -0.925. The van der Waals surface area contributed by atoms with E-state index < -0.39 is 11.9 Å². The number of benzene rings is 1. The Kier molecular flexibility index (Phi) is 4.77. The van der Waals surface area contributed by atoms with Crippen LogP contribution in [0.1, 0.15) is 21.5 Å². The third-order valence-corrected chi connectivity index (χ3v) is 3.37. The van der Waals surface area contributed by atoms with Crippen LogP contribution in [-0.4, -0.2) is 23.5 Å². The van der Waals surface area contributed by atoms with Gasteiger partial charge in [-0.25, -0.2) is 0 Å². The molecule has 0 aliphatic heterocycles. The Morgan fingerprint density at radius 3 is 2.67 bits per heavy atom. The van der Waals surface area contributed by atoms with Gasteiger partial charge in [0.15, 0.2) is 0 Å². The number of carboxylic acid groups (broad SMARTS) is 1. The van der Waals surface area contributed by atoms with E-state index in [4.69, 9.17) is 4.42 Å². The summed E-state index contributed by atoms with van der Waals surface area (Å²) in [5.41, 5.74) is 2.41. The van der Waals surface area contributed by atoms with Gasteiger partial charge in [-0.3, -0.25) is 9.59 Å². The first kappa shape index (κ1) is 14.8. The monoisotopic (exact) mass is 287 g/mol. The van der Waals surface area contributed by atoms with E-state index in [-0.39, 0.29) is 12.5 Å². The number of nitrogens with one attached hydrogen (secondary N) is 1. The summed E-state index contributed by atoms with van der Waals surface area (Å²) >= 11 is 0. The molecule has 0 unspecified atom stereocenters. The van der Waals surface area contributed by atoms with E-state index in [0.717, 1.165) is 11.1 Å². The molecule has 0 spiro atoms. The van der Waals surface area contributed by atoms with E-state index in [0.29, 0.717) is 12.0 Å². The maximum Gasteiger partial charge on any atom is 0.308 e. The van der Waals surface area contributed by atoms with Crippen molar-refractivity contribution in [1.82, 2.24) is 5.32 Å². The molecule has 0 aliphatic rings. The molecule has 2 N–H and O–H groups in total. The first-order valence-electron chi connectivity index (χ1n) is 6.65. The normalized spacial score (nSPS) is 11.9. The van der Waals surface area contributed by atoms with Gasteiger partial charge in [0.25, 0.3) is 5.91 Å². The van der Waals surface area contributed by atoms with E-state index in [1.54, 1.807) is 0 Å². The zero-order valence-corrected chi connectivity index (χ0v) is 11.7. The van der Waals surface area contributed by atoms with Crippen LogP contribution in [0.5, 0.6) is 0 Å².